The van der Waals surface area contributed by atoms with Gasteiger partial charge >= 0.3 is 0 Å². The van der Waals surface area contributed by atoms with Gasteiger partial charge in [0, 0.05) is 11.6 Å². The van der Waals surface area contributed by atoms with Crippen LogP contribution in [-0.2, 0) is 26.1 Å². The first kappa shape index (κ1) is 19.6. The van der Waals surface area contributed by atoms with Crippen molar-refractivity contribution in [3.63, 3.8) is 0 Å². The summed E-state index contributed by atoms with van der Waals surface area (Å²) in [5.74, 6) is 0.109. The lowest BCUT2D eigenvalue weighted by atomic mass is 9.95. The summed E-state index contributed by atoms with van der Waals surface area (Å²) in [7, 11) is -3.29. The van der Waals surface area contributed by atoms with Gasteiger partial charge in [-0.15, -0.1) is 0 Å². The van der Waals surface area contributed by atoms with Crippen molar-refractivity contribution in [2.75, 3.05) is 11.9 Å². The summed E-state index contributed by atoms with van der Waals surface area (Å²) in [5.41, 5.74) is 7.85. The SMILES string of the molecule is NC[C@H]1CCC[C@H]1C(=O)Nc1cccc(CS(=O)(=O)Cc2ccccc2)c1. The third kappa shape index (κ3) is 5.40. The molecule has 0 heterocycles. The minimum absolute atomic E-state index is 0.00464. The van der Waals surface area contributed by atoms with Crippen LogP contribution in [0, 0.1) is 11.8 Å². The molecule has 3 rings (SSSR count). The maximum atomic E-state index is 12.5. The molecule has 6 heteroatoms. The quantitative estimate of drug-likeness (QED) is 0.765. The second-order valence-corrected chi connectivity index (χ2v) is 9.31. The number of anilines is 1. The highest BCUT2D eigenvalue weighted by atomic mass is 32.2. The summed E-state index contributed by atoms with van der Waals surface area (Å²) < 4.78 is 25.0. The molecular weight excluding hydrogens is 360 g/mol. The molecule has 1 fully saturated rings. The van der Waals surface area contributed by atoms with Crippen molar-refractivity contribution < 1.29 is 13.2 Å². The van der Waals surface area contributed by atoms with Crippen molar-refractivity contribution in [3.05, 3.63) is 65.7 Å². The van der Waals surface area contributed by atoms with Crippen molar-refractivity contribution in [2.45, 2.75) is 30.8 Å². The van der Waals surface area contributed by atoms with E-state index in [1.807, 2.05) is 30.3 Å². The normalized spacial score (nSPS) is 19.7. The Hall–Kier alpha value is -2.18. The van der Waals surface area contributed by atoms with Gasteiger partial charge in [0.2, 0.25) is 5.91 Å². The second-order valence-electron chi connectivity index (χ2n) is 7.24. The Morgan fingerprint density at radius 3 is 2.44 bits per heavy atom. The van der Waals surface area contributed by atoms with Gasteiger partial charge in [-0.2, -0.15) is 0 Å². The summed E-state index contributed by atoms with van der Waals surface area (Å²) in [4.78, 5) is 12.5. The molecule has 0 aromatic heterocycles. The second kappa shape index (κ2) is 8.67. The molecule has 0 unspecified atom stereocenters. The van der Waals surface area contributed by atoms with Crippen LogP contribution in [0.15, 0.2) is 54.6 Å². The van der Waals surface area contributed by atoms with Crippen molar-refractivity contribution >= 4 is 21.4 Å². The molecule has 1 amide bonds. The smallest absolute Gasteiger partial charge is 0.227 e. The third-order valence-corrected chi connectivity index (χ3v) is 6.66. The van der Waals surface area contributed by atoms with Gasteiger partial charge < -0.3 is 11.1 Å². The lowest BCUT2D eigenvalue weighted by Crippen LogP contribution is -2.29. The number of carbonyl (C=O) groups is 1. The van der Waals surface area contributed by atoms with Crippen LogP contribution in [0.25, 0.3) is 0 Å². The first-order valence-electron chi connectivity index (χ1n) is 9.31. The number of nitrogens with two attached hydrogens (primary N) is 1. The number of benzene rings is 2. The van der Waals surface area contributed by atoms with E-state index in [4.69, 9.17) is 5.73 Å². The largest absolute Gasteiger partial charge is 0.330 e. The molecule has 2 aromatic carbocycles. The van der Waals surface area contributed by atoms with Crippen LogP contribution in [0.2, 0.25) is 0 Å². The van der Waals surface area contributed by atoms with Crippen molar-refractivity contribution in [1.82, 2.24) is 0 Å². The van der Waals surface area contributed by atoms with Crippen LogP contribution in [0.3, 0.4) is 0 Å². The average Bonchev–Trinajstić information content (AvgIpc) is 3.11. The predicted octanol–water partition coefficient (Wildman–Crippen LogP) is 3.12. The number of hydrogen-bond acceptors (Lipinski definition) is 4. The molecule has 0 bridgehead atoms. The molecular formula is C21H26N2O3S. The Bertz CT molecular complexity index is 881. The van der Waals surface area contributed by atoms with E-state index in [1.165, 1.54) is 0 Å². The number of rotatable bonds is 7. The molecule has 0 aliphatic heterocycles. The lowest BCUT2D eigenvalue weighted by Gasteiger charge is -2.17. The van der Waals surface area contributed by atoms with E-state index >= 15 is 0 Å². The Morgan fingerprint density at radius 1 is 1.00 bits per heavy atom. The molecule has 0 spiro atoms. The summed E-state index contributed by atoms with van der Waals surface area (Å²) >= 11 is 0. The minimum Gasteiger partial charge on any atom is -0.330 e. The maximum Gasteiger partial charge on any atom is 0.227 e. The van der Waals surface area contributed by atoms with E-state index in [0.717, 1.165) is 24.8 Å². The molecule has 2 atom stereocenters. The number of amides is 1. The number of nitrogens with one attached hydrogen (secondary N) is 1. The fourth-order valence-corrected chi connectivity index (χ4v) is 5.26. The van der Waals surface area contributed by atoms with Crippen molar-refractivity contribution in [3.8, 4) is 0 Å². The first-order valence-corrected chi connectivity index (χ1v) is 11.1. The van der Waals surface area contributed by atoms with Gasteiger partial charge in [0.15, 0.2) is 9.84 Å². The van der Waals surface area contributed by atoms with E-state index in [1.54, 1.807) is 24.3 Å². The number of hydrogen-bond donors (Lipinski definition) is 2. The van der Waals surface area contributed by atoms with Gasteiger partial charge in [0.25, 0.3) is 0 Å². The highest BCUT2D eigenvalue weighted by molar-refractivity contribution is 7.89. The van der Waals surface area contributed by atoms with Gasteiger partial charge in [0.05, 0.1) is 11.5 Å². The molecule has 0 saturated heterocycles. The van der Waals surface area contributed by atoms with E-state index in [9.17, 15) is 13.2 Å². The number of carbonyl (C=O) groups excluding carboxylic acids is 1. The van der Waals surface area contributed by atoms with E-state index < -0.39 is 9.84 Å². The third-order valence-electron chi connectivity index (χ3n) is 5.11. The fraction of sp³-hybridized carbons (Fsp3) is 0.381. The summed E-state index contributed by atoms with van der Waals surface area (Å²) in [6.07, 6.45) is 2.88. The molecule has 1 saturated carbocycles. The molecule has 144 valence electrons. The highest BCUT2D eigenvalue weighted by Crippen LogP contribution is 2.32. The van der Waals surface area contributed by atoms with Gasteiger partial charge in [-0.25, -0.2) is 8.42 Å². The molecule has 3 N–H and O–H groups in total. The zero-order valence-electron chi connectivity index (χ0n) is 15.3. The van der Waals surface area contributed by atoms with Gasteiger partial charge in [-0.3, -0.25) is 4.79 Å². The molecule has 5 nitrogen and oxygen atoms in total. The van der Waals surface area contributed by atoms with Gasteiger partial charge in [-0.1, -0.05) is 48.9 Å². The minimum atomic E-state index is -3.29. The fourth-order valence-electron chi connectivity index (χ4n) is 3.77. The topological polar surface area (TPSA) is 89.3 Å². The lowest BCUT2D eigenvalue weighted by molar-refractivity contribution is -0.120. The average molecular weight is 387 g/mol. The monoisotopic (exact) mass is 386 g/mol. The van der Waals surface area contributed by atoms with Crippen LogP contribution in [0.5, 0.6) is 0 Å². The Balaban J connectivity index is 1.65. The van der Waals surface area contributed by atoms with Gasteiger partial charge in [0.1, 0.15) is 0 Å². The maximum absolute atomic E-state index is 12.5. The molecule has 0 radical (unpaired) electrons. The van der Waals surface area contributed by atoms with Crippen LogP contribution in [-0.4, -0.2) is 20.9 Å². The van der Waals surface area contributed by atoms with E-state index in [2.05, 4.69) is 5.32 Å². The van der Waals surface area contributed by atoms with Crippen LogP contribution < -0.4 is 11.1 Å². The Kier molecular flexibility index (Phi) is 6.29. The first-order chi connectivity index (χ1) is 13.0. The summed E-state index contributed by atoms with van der Waals surface area (Å²) in [5, 5.41) is 2.93. The molecule has 1 aliphatic carbocycles. The van der Waals surface area contributed by atoms with Crippen LogP contribution >= 0.6 is 0 Å². The molecule has 27 heavy (non-hydrogen) atoms. The van der Waals surface area contributed by atoms with Crippen molar-refractivity contribution in [1.29, 1.82) is 0 Å². The van der Waals surface area contributed by atoms with E-state index in [0.29, 0.717) is 17.8 Å². The standard InChI is InChI=1S/C21H26N2O3S/c22-13-18-9-5-11-20(18)21(24)23-19-10-4-8-17(12-19)15-27(25,26)14-16-6-2-1-3-7-16/h1-4,6-8,10,12,18,20H,5,9,11,13-15,22H2,(H,23,24)/t18-,20-/m1/s1. The summed E-state index contributed by atoms with van der Waals surface area (Å²) in [6, 6.07) is 16.2. The Labute approximate surface area is 160 Å². The van der Waals surface area contributed by atoms with Crippen LogP contribution in [0.1, 0.15) is 30.4 Å². The predicted molar refractivity (Wildman–Crippen MR) is 108 cm³/mol. The highest BCUT2D eigenvalue weighted by Gasteiger charge is 2.31. The van der Waals surface area contributed by atoms with E-state index in [-0.39, 0.29) is 29.2 Å². The molecule has 2 aromatic rings. The van der Waals surface area contributed by atoms with Gasteiger partial charge in [-0.05, 0) is 48.6 Å². The van der Waals surface area contributed by atoms with Crippen LogP contribution in [0.4, 0.5) is 5.69 Å². The zero-order valence-corrected chi connectivity index (χ0v) is 16.1. The number of sulfone groups is 1. The Morgan fingerprint density at radius 2 is 1.70 bits per heavy atom. The summed E-state index contributed by atoms with van der Waals surface area (Å²) in [6.45, 7) is 0.524. The molecule has 1 aliphatic rings. The zero-order chi connectivity index (χ0) is 19.3. The van der Waals surface area contributed by atoms with Crippen molar-refractivity contribution in [2.24, 2.45) is 17.6 Å².